The first-order valence-electron chi connectivity index (χ1n) is 8.96. The Morgan fingerprint density at radius 2 is 1.62 bits per heavy atom. The minimum absolute atomic E-state index is 0.154. The summed E-state index contributed by atoms with van der Waals surface area (Å²) >= 11 is 22.8. The van der Waals surface area contributed by atoms with Crippen molar-refractivity contribution in [3.63, 3.8) is 0 Å². The summed E-state index contributed by atoms with van der Waals surface area (Å²) in [5, 5.41) is 0. The van der Waals surface area contributed by atoms with Crippen LogP contribution in [0.5, 0.6) is 23.0 Å². The van der Waals surface area contributed by atoms with Gasteiger partial charge in [-0.25, -0.2) is 0 Å². The van der Waals surface area contributed by atoms with E-state index >= 15 is 0 Å². The molecule has 0 N–H and O–H groups in total. The van der Waals surface area contributed by atoms with Crippen LogP contribution in [0.15, 0.2) is 63.1 Å². The maximum Gasteiger partial charge on any atom is 0.169 e. The average molecular weight is 476 g/mol. The molecule has 2 aromatic carbocycles. The first kappa shape index (κ1) is 23.8. The molecule has 0 aromatic heterocycles. The molecule has 0 aliphatic rings. The summed E-state index contributed by atoms with van der Waals surface area (Å²) in [5.41, 5.74) is 1.76. The lowest BCUT2D eigenvalue weighted by molar-refractivity contribution is 0.337. The molecule has 0 saturated carbocycles. The SMILES string of the molecule is CC(COc1ccc(Oc2ccccc2OCC=C(Cl)Cl)c(C(C)C)c1)=C(Cl)Cl. The highest BCUT2D eigenvalue weighted by Gasteiger charge is 2.13. The second-order valence-electron chi connectivity index (χ2n) is 6.54. The van der Waals surface area contributed by atoms with Crippen molar-refractivity contribution in [3.05, 3.63) is 68.7 Å². The van der Waals surface area contributed by atoms with Gasteiger partial charge in [0.15, 0.2) is 11.5 Å². The van der Waals surface area contributed by atoms with E-state index in [4.69, 9.17) is 60.6 Å². The lowest BCUT2D eigenvalue weighted by Gasteiger charge is -2.17. The number of para-hydroxylation sites is 2. The Kier molecular flexibility index (Phi) is 9.51. The van der Waals surface area contributed by atoms with Crippen molar-refractivity contribution in [1.29, 1.82) is 0 Å². The average Bonchev–Trinajstić information content (AvgIpc) is 2.67. The molecule has 2 rings (SSSR count). The van der Waals surface area contributed by atoms with Gasteiger partial charge in [-0.05, 0) is 54.8 Å². The fourth-order valence-electron chi connectivity index (χ4n) is 2.37. The van der Waals surface area contributed by atoms with Gasteiger partial charge in [0.05, 0.1) is 0 Å². The summed E-state index contributed by atoms with van der Waals surface area (Å²) < 4.78 is 18.0. The van der Waals surface area contributed by atoms with Crippen LogP contribution in [-0.4, -0.2) is 13.2 Å². The second-order valence-corrected chi connectivity index (χ2v) is 8.49. The van der Waals surface area contributed by atoms with Crippen LogP contribution in [0.1, 0.15) is 32.3 Å². The minimum Gasteiger partial charge on any atom is -0.489 e. The molecule has 0 radical (unpaired) electrons. The zero-order valence-corrected chi connectivity index (χ0v) is 19.4. The van der Waals surface area contributed by atoms with E-state index in [1.165, 1.54) is 0 Å². The summed E-state index contributed by atoms with van der Waals surface area (Å²) in [5.74, 6) is 2.83. The zero-order valence-electron chi connectivity index (χ0n) is 16.3. The van der Waals surface area contributed by atoms with Gasteiger partial charge < -0.3 is 14.2 Å². The van der Waals surface area contributed by atoms with Crippen molar-refractivity contribution in [3.8, 4) is 23.0 Å². The van der Waals surface area contributed by atoms with Gasteiger partial charge in [0.1, 0.15) is 33.7 Å². The molecular formula is C22H22Cl4O3. The monoisotopic (exact) mass is 474 g/mol. The molecule has 29 heavy (non-hydrogen) atoms. The van der Waals surface area contributed by atoms with E-state index < -0.39 is 0 Å². The molecular weight excluding hydrogens is 454 g/mol. The number of rotatable bonds is 9. The van der Waals surface area contributed by atoms with Crippen LogP contribution in [-0.2, 0) is 0 Å². The Bertz CT molecular complexity index is 883. The van der Waals surface area contributed by atoms with Gasteiger partial charge in [-0.15, -0.1) is 0 Å². The number of halogens is 4. The van der Waals surface area contributed by atoms with Gasteiger partial charge in [0.2, 0.25) is 0 Å². The molecule has 0 amide bonds. The van der Waals surface area contributed by atoms with Crippen LogP contribution >= 0.6 is 46.4 Å². The molecule has 7 heteroatoms. The highest BCUT2D eigenvalue weighted by molar-refractivity contribution is 6.56. The molecule has 0 heterocycles. The second kappa shape index (κ2) is 11.6. The molecule has 0 fully saturated rings. The topological polar surface area (TPSA) is 27.7 Å². The Labute approximate surface area is 191 Å². The fraction of sp³-hybridized carbons (Fsp3) is 0.273. The Hall–Kier alpha value is -1.52. The van der Waals surface area contributed by atoms with Crippen molar-refractivity contribution in [2.24, 2.45) is 0 Å². The first-order valence-corrected chi connectivity index (χ1v) is 10.5. The molecule has 0 saturated heterocycles. The van der Waals surface area contributed by atoms with Gasteiger partial charge in [0, 0.05) is 5.56 Å². The zero-order chi connectivity index (χ0) is 21.4. The van der Waals surface area contributed by atoms with Crippen LogP contribution in [0.4, 0.5) is 0 Å². The van der Waals surface area contributed by atoms with Gasteiger partial charge in [-0.3, -0.25) is 0 Å². The Morgan fingerprint density at radius 3 is 2.24 bits per heavy atom. The lowest BCUT2D eigenvalue weighted by Crippen LogP contribution is -2.02. The summed E-state index contributed by atoms with van der Waals surface area (Å²) in [6.07, 6.45) is 1.56. The van der Waals surface area contributed by atoms with E-state index in [2.05, 4.69) is 13.8 Å². The molecule has 3 nitrogen and oxygen atoms in total. The van der Waals surface area contributed by atoms with Gasteiger partial charge in [0.25, 0.3) is 0 Å². The summed E-state index contributed by atoms with van der Waals surface area (Å²) in [6, 6.07) is 13.1. The van der Waals surface area contributed by atoms with Crippen LogP contribution in [0.25, 0.3) is 0 Å². The van der Waals surface area contributed by atoms with Crippen molar-refractivity contribution in [2.45, 2.75) is 26.7 Å². The molecule has 0 spiro atoms. The standard InChI is InChI=1S/C22H22Cl4O3/c1-14(2)17-12-16(28-13-15(3)22(25)26)8-9-18(17)29-20-7-5-4-6-19(20)27-11-10-21(23)24/h4-10,12,14H,11,13H2,1-3H3. The van der Waals surface area contributed by atoms with Crippen molar-refractivity contribution in [2.75, 3.05) is 13.2 Å². The van der Waals surface area contributed by atoms with E-state index in [1.54, 1.807) is 6.08 Å². The van der Waals surface area contributed by atoms with Crippen molar-refractivity contribution in [1.82, 2.24) is 0 Å². The maximum absolute atomic E-state index is 6.16. The summed E-state index contributed by atoms with van der Waals surface area (Å²) in [7, 11) is 0. The summed E-state index contributed by atoms with van der Waals surface area (Å²) in [4.78, 5) is 0. The third kappa shape index (κ3) is 7.67. The molecule has 0 aliphatic carbocycles. The number of benzene rings is 2. The van der Waals surface area contributed by atoms with E-state index in [9.17, 15) is 0 Å². The largest absolute Gasteiger partial charge is 0.489 e. The predicted molar refractivity (Wildman–Crippen MR) is 122 cm³/mol. The lowest BCUT2D eigenvalue weighted by atomic mass is 10.0. The number of ether oxygens (including phenoxy) is 3. The molecule has 0 unspecified atom stereocenters. The number of hydrogen-bond donors (Lipinski definition) is 0. The molecule has 0 aliphatic heterocycles. The molecule has 2 aromatic rings. The predicted octanol–water partition coefficient (Wildman–Crippen LogP) is 8.39. The van der Waals surface area contributed by atoms with E-state index in [1.807, 2.05) is 49.4 Å². The van der Waals surface area contributed by atoms with E-state index in [-0.39, 0.29) is 21.5 Å². The van der Waals surface area contributed by atoms with Crippen LogP contribution in [0.3, 0.4) is 0 Å². The van der Waals surface area contributed by atoms with Crippen molar-refractivity contribution < 1.29 is 14.2 Å². The highest BCUT2D eigenvalue weighted by atomic mass is 35.5. The minimum atomic E-state index is 0.154. The highest BCUT2D eigenvalue weighted by Crippen LogP contribution is 2.37. The van der Waals surface area contributed by atoms with Crippen LogP contribution in [0, 0.1) is 0 Å². The van der Waals surface area contributed by atoms with E-state index in [0.717, 1.165) is 16.9 Å². The van der Waals surface area contributed by atoms with Crippen molar-refractivity contribution >= 4 is 46.4 Å². The fourth-order valence-corrected chi connectivity index (χ4v) is 2.61. The molecule has 156 valence electrons. The van der Waals surface area contributed by atoms with Gasteiger partial charge in [-0.2, -0.15) is 0 Å². The normalized spacial score (nSPS) is 10.5. The maximum atomic E-state index is 6.16. The number of hydrogen-bond acceptors (Lipinski definition) is 3. The van der Waals surface area contributed by atoms with Gasteiger partial charge >= 0.3 is 0 Å². The molecule has 0 bridgehead atoms. The van der Waals surface area contributed by atoms with E-state index in [0.29, 0.717) is 23.9 Å². The first-order chi connectivity index (χ1) is 13.8. The Balaban J connectivity index is 2.22. The third-order valence-electron chi connectivity index (χ3n) is 3.93. The van der Waals surface area contributed by atoms with Crippen LogP contribution in [0.2, 0.25) is 0 Å². The quantitative estimate of drug-likeness (QED) is 0.364. The summed E-state index contributed by atoms with van der Waals surface area (Å²) in [6.45, 7) is 6.54. The molecule has 0 atom stereocenters. The van der Waals surface area contributed by atoms with Crippen LogP contribution < -0.4 is 14.2 Å². The Morgan fingerprint density at radius 1 is 0.931 bits per heavy atom. The van der Waals surface area contributed by atoms with Gasteiger partial charge in [-0.1, -0.05) is 72.4 Å². The third-order valence-corrected chi connectivity index (χ3v) is 4.88. The smallest absolute Gasteiger partial charge is 0.169 e.